The van der Waals surface area contributed by atoms with Crippen LogP contribution in [0.1, 0.15) is 34.9 Å². The molecule has 3 aromatic rings. The summed E-state index contributed by atoms with van der Waals surface area (Å²) in [7, 11) is 0. The second kappa shape index (κ2) is 6.29. The minimum absolute atomic E-state index is 0.182. The van der Waals surface area contributed by atoms with Crippen LogP contribution in [0.3, 0.4) is 0 Å². The first-order valence-electron chi connectivity index (χ1n) is 8.02. The fourth-order valence-electron chi connectivity index (χ4n) is 2.70. The van der Waals surface area contributed by atoms with Gasteiger partial charge in [0.05, 0.1) is 0 Å². The highest BCUT2D eigenvalue weighted by atomic mass is 32.1. The summed E-state index contributed by atoms with van der Waals surface area (Å²) < 4.78 is 11.0. The maximum atomic E-state index is 12.3. The van der Waals surface area contributed by atoms with Crippen LogP contribution >= 0.6 is 11.3 Å². The average Bonchev–Trinajstić information content (AvgIpc) is 3.32. The highest BCUT2D eigenvalue weighted by Gasteiger charge is 2.21. The topological polar surface area (TPSA) is 90.1 Å². The molecule has 0 saturated carbocycles. The van der Waals surface area contributed by atoms with Gasteiger partial charge >= 0.3 is 0 Å². The molecule has 1 aliphatic heterocycles. The van der Waals surface area contributed by atoms with E-state index in [1.165, 1.54) is 11.3 Å². The van der Waals surface area contributed by atoms with Gasteiger partial charge in [0.25, 0.3) is 5.91 Å². The Labute approximate surface area is 148 Å². The van der Waals surface area contributed by atoms with Crippen molar-refractivity contribution >= 4 is 22.4 Å². The number of amides is 1. The van der Waals surface area contributed by atoms with Crippen LogP contribution in [0, 0.1) is 0 Å². The number of benzene rings is 1. The zero-order valence-electron chi connectivity index (χ0n) is 13.8. The van der Waals surface area contributed by atoms with Crippen molar-refractivity contribution in [1.29, 1.82) is 0 Å². The van der Waals surface area contributed by atoms with Crippen LogP contribution in [0.4, 0.5) is 5.13 Å². The summed E-state index contributed by atoms with van der Waals surface area (Å²) >= 11 is 1.35. The van der Waals surface area contributed by atoms with E-state index in [0.29, 0.717) is 10.9 Å². The lowest BCUT2D eigenvalue weighted by molar-refractivity contribution is 0.101. The van der Waals surface area contributed by atoms with Crippen molar-refractivity contribution in [2.45, 2.75) is 32.8 Å². The van der Waals surface area contributed by atoms with Gasteiger partial charge in [-0.1, -0.05) is 23.4 Å². The minimum Gasteiger partial charge on any atom is -0.490 e. The summed E-state index contributed by atoms with van der Waals surface area (Å²) in [4.78, 5) is 12.3. The summed E-state index contributed by atoms with van der Waals surface area (Å²) in [6.45, 7) is 4.02. The fourth-order valence-corrected chi connectivity index (χ4v) is 3.38. The number of hydrogen-bond acceptors (Lipinski definition) is 7. The molecule has 25 heavy (non-hydrogen) atoms. The third kappa shape index (κ3) is 3.12. The van der Waals surface area contributed by atoms with E-state index in [0.717, 1.165) is 34.7 Å². The van der Waals surface area contributed by atoms with E-state index >= 15 is 0 Å². The van der Waals surface area contributed by atoms with Crippen LogP contribution in [0.5, 0.6) is 5.75 Å². The van der Waals surface area contributed by atoms with Crippen LogP contribution < -0.4 is 10.1 Å². The van der Waals surface area contributed by atoms with E-state index in [2.05, 4.69) is 20.7 Å². The number of carbonyl (C=O) groups is 1. The summed E-state index contributed by atoms with van der Waals surface area (Å²) in [6, 6.07) is 7.46. The van der Waals surface area contributed by atoms with Crippen molar-refractivity contribution in [3.05, 3.63) is 40.5 Å². The third-order valence-corrected chi connectivity index (χ3v) is 4.90. The van der Waals surface area contributed by atoms with Crippen LogP contribution in [0.15, 0.2) is 28.8 Å². The molecule has 1 aromatic carbocycles. The number of hydrogen-bond donors (Lipinski definition) is 1. The van der Waals surface area contributed by atoms with Gasteiger partial charge in [-0.25, -0.2) is 0 Å². The van der Waals surface area contributed by atoms with Gasteiger partial charge in [0.2, 0.25) is 5.13 Å². The number of ether oxygens (including phenoxy) is 1. The number of aromatic nitrogens is 3. The Morgan fingerprint density at radius 1 is 1.36 bits per heavy atom. The van der Waals surface area contributed by atoms with Crippen molar-refractivity contribution in [1.82, 2.24) is 15.4 Å². The van der Waals surface area contributed by atoms with E-state index in [1.54, 1.807) is 6.07 Å². The molecule has 7 nitrogen and oxygen atoms in total. The van der Waals surface area contributed by atoms with Crippen molar-refractivity contribution in [3.8, 4) is 17.1 Å². The lowest BCUT2D eigenvalue weighted by Gasteiger charge is -2.02. The Balaban J connectivity index is 1.52. The second-order valence-electron chi connectivity index (χ2n) is 5.84. The van der Waals surface area contributed by atoms with E-state index in [-0.39, 0.29) is 17.7 Å². The summed E-state index contributed by atoms with van der Waals surface area (Å²) in [5, 5.41) is 15.8. The van der Waals surface area contributed by atoms with Gasteiger partial charge in [-0.3, -0.25) is 10.1 Å². The van der Waals surface area contributed by atoms with Gasteiger partial charge in [0.1, 0.15) is 16.9 Å². The van der Waals surface area contributed by atoms with Crippen molar-refractivity contribution in [3.63, 3.8) is 0 Å². The van der Waals surface area contributed by atoms with Gasteiger partial charge in [-0.2, -0.15) is 0 Å². The van der Waals surface area contributed by atoms with Crippen LogP contribution in [-0.2, 0) is 12.8 Å². The highest BCUT2D eigenvalue weighted by Crippen LogP contribution is 2.33. The Kier molecular flexibility index (Phi) is 3.96. The van der Waals surface area contributed by atoms with E-state index < -0.39 is 0 Å². The number of aryl methyl sites for hydroxylation is 1. The molecule has 0 unspecified atom stereocenters. The average molecular weight is 356 g/mol. The van der Waals surface area contributed by atoms with Gasteiger partial charge < -0.3 is 9.26 Å². The highest BCUT2D eigenvalue weighted by molar-refractivity contribution is 7.15. The molecule has 4 rings (SSSR count). The molecule has 8 heteroatoms. The van der Waals surface area contributed by atoms with Crippen molar-refractivity contribution < 1.29 is 14.1 Å². The van der Waals surface area contributed by atoms with Crippen molar-refractivity contribution in [2.75, 3.05) is 5.32 Å². The molecule has 1 aliphatic rings. The largest absolute Gasteiger partial charge is 0.490 e. The first-order chi connectivity index (χ1) is 12.1. The van der Waals surface area contributed by atoms with Crippen molar-refractivity contribution in [2.24, 2.45) is 0 Å². The Morgan fingerprint density at radius 3 is 3.04 bits per heavy atom. The fraction of sp³-hybridized carbons (Fsp3) is 0.294. The first kappa shape index (κ1) is 15.8. The molecule has 0 spiro atoms. The first-order valence-corrected chi connectivity index (χ1v) is 8.84. The van der Waals surface area contributed by atoms with Gasteiger partial charge in [-0.05, 0) is 37.1 Å². The number of nitrogens with zero attached hydrogens (tertiary/aromatic N) is 3. The SMILES string of the molecule is CCc1nnc(NC(=O)c2cc(-c3ccc4c(c3)C[C@H](C)O4)on2)s1. The molecule has 0 fully saturated rings. The molecule has 1 atom stereocenters. The number of fused-ring (bicyclic) bond motifs is 1. The zero-order valence-corrected chi connectivity index (χ0v) is 14.6. The van der Waals surface area contributed by atoms with Gasteiger partial charge in [0.15, 0.2) is 11.5 Å². The van der Waals surface area contributed by atoms with E-state index in [9.17, 15) is 4.79 Å². The lowest BCUT2D eigenvalue weighted by atomic mass is 10.1. The monoisotopic (exact) mass is 356 g/mol. The molecule has 2 aromatic heterocycles. The molecule has 1 N–H and O–H groups in total. The summed E-state index contributed by atoms with van der Waals surface area (Å²) in [5.41, 5.74) is 2.20. The molecular formula is C17H16N4O3S. The molecule has 0 bridgehead atoms. The van der Waals surface area contributed by atoms with Crippen LogP contribution in [-0.4, -0.2) is 27.4 Å². The minimum atomic E-state index is -0.369. The zero-order chi connectivity index (χ0) is 17.4. The number of anilines is 1. The van der Waals surface area contributed by atoms with Crippen LogP contribution in [0.25, 0.3) is 11.3 Å². The molecule has 3 heterocycles. The maximum Gasteiger partial charge on any atom is 0.279 e. The Morgan fingerprint density at radius 2 is 2.24 bits per heavy atom. The number of carbonyl (C=O) groups excluding carboxylic acids is 1. The van der Waals surface area contributed by atoms with E-state index in [1.807, 2.05) is 32.0 Å². The molecule has 0 radical (unpaired) electrons. The smallest absolute Gasteiger partial charge is 0.279 e. The van der Waals surface area contributed by atoms with Gasteiger partial charge in [0, 0.05) is 18.1 Å². The van der Waals surface area contributed by atoms with Crippen LogP contribution in [0.2, 0.25) is 0 Å². The number of nitrogens with one attached hydrogen (secondary N) is 1. The number of rotatable bonds is 4. The Bertz CT molecular complexity index is 934. The summed E-state index contributed by atoms with van der Waals surface area (Å²) in [6.07, 6.45) is 1.82. The quantitative estimate of drug-likeness (QED) is 0.771. The molecule has 0 aliphatic carbocycles. The molecule has 128 valence electrons. The molecule has 1 amide bonds. The molecule has 0 saturated heterocycles. The predicted molar refractivity (Wildman–Crippen MR) is 93.0 cm³/mol. The molecular weight excluding hydrogens is 340 g/mol. The second-order valence-corrected chi connectivity index (χ2v) is 6.90. The van der Waals surface area contributed by atoms with E-state index in [4.69, 9.17) is 9.26 Å². The lowest BCUT2D eigenvalue weighted by Crippen LogP contribution is -2.11. The standard InChI is InChI=1S/C17H16N4O3S/c1-3-15-19-20-17(25-15)18-16(22)12-8-14(24-21-12)10-4-5-13-11(7-10)6-9(2)23-13/h4-5,7-9H,3,6H2,1-2H3,(H,18,20,22)/t9-/m0/s1. The third-order valence-electron chi connectivity index (χ3n) is 3.91. The van der Waals surface area contributed by atoms with Gasteiger partial charge in [-0.15, -0.1) is 10.2 Å². The maximum absolute atomic E-state index is 12.3. The Hall–Kier alpha value is -2.74. The predicted octanol–water partition coefficient (Wildman–Crippen LogP) is 3.33. The normalized spacial score (nSPS) is 15.7. The summed E-state index contributed by atoms with van der Waals surface area (Å²) in [5.74, 6) is 1.07.